The first-order chi connectivity index (χ1) is 17.2. The highest BCUT2D eigenvalue weighted by molar-refractivity contribution is 5.84. The molecule has 5 aromatic rings. The van der Waals surface area contributed by atoms with Crippen LogP contribution in [0, 0.1) is 0 Å². The van der Waals surface area contributed by atoms with Crippen LogP contribution in [0.25, 0.3) is 45.2 Å². The molecule has 0 saturated heterocycles. The van der Waals surface area contributed by atoms with Crippen molar-refractivity contribution in [3.63, 3.8) is 0 Å². The van der Waals surface area contributed by atoms with Gasteiger partial charge in [-0.2, -0.15) is 0 Å². The molecule has 0 amide bonds. The first-order valence-electron chi connectivity index (χ1n) is 11.2. The minimum absolute atomic E-state index is 0.151. The number of oxazole rings is 1. The van der Waals surface area contributed by atoms with Gasteiger partial charge in [0, 0.05) is 16.7 Å². The number of ether oxygens (including phenoxy) is 2. The van der Waals surface area contributed by atoms with E-state index < -0.39 is 5.97 Å². The highest BCUT2D eigenvalue weighted by Crippen LogP contribution is 2.39. The fraction of sp³-hybridized carbons (Fsp3) is 0.0667. The second-order valence-electron chi connectivity index (χ2n) is 7.87. The zero-order valence-corrected chi connectivity index (χ0v) is 19.2. The van der Waals surface area contributed by atoms with E-state index >= 15 is 0 Å². The maximum atomic E-state index is 11.5. The average Bonchev–Trinajstić information content (AvgIpc) is 3.38. The van der Waals surface area contributed by atoms with E-state index in [9.17, 15) is 4.79 Å². The average molecular weight is 462 g/mol. The third kappa shape index (κ3) is 4.84. The van der Waals surface area contributed by atoms with Crippen molar-refractivity contribution in [3.05, 3.63) is 109 Å². The highest BCUT2D eigenvalue weighted by atomic mass is 16.6. The normalized spacial score (nSPS) is 10.7. The van der Waals surface area contributed by atoms with Crippen LogP contribution in [0.15, 0.2) is 114 Å². The van der Waals surface area contributed by atoms with Crippen molar-refractivity contribution in [3.8, 4) is 50.9 Å². The molecule has 0 fully saturated rings. The van der Waals surface area contributed by atoms with Gasteiger partial charge in [-0.3, -0.25) is 0 Å². The van der Waals surface area contributed by atoms with Crippen molar-refractivity contribution in [1.82, 2.24) is 4.98 Å². The lowest BCUT2D eigenvalue weighted by Crippen LogP contribution is -2.12. The van der Waals surface area contributed by atoms with Gasteiger partial charge in [-0.25, -0.2) is 9.78 Å². The molecular formula is C30H23NO4. The summed E-state index contributed by atoms with van der Waals surface area (Å²) in [6.07, 6.45) is 0. The summed E-state index contributed by atoms with van der Waals surface area (Å²) in [6, 6.07) is 35.5. The topological polar surface area (TPSA) is 61.6 Å². The molecule has 0 N–H and O–H groups in total. The Morgan fingerprint density at radius 1 is 0.743 bits per heavy atom. The quantitative estimate of drug-likeness (QED) is 0.247. The molecule has 1 heterocycles. The summed E-state index contributed by atoms with van der Waals surface area (Å²) in [5.41, 5.74) is 5.45. The van der Waals surface area contributed by atoms with E-state index in [0.29, 0.717) is 11.6 Å². The van der Waals surface area contributed by atoms with E-state index in [4.69, 9.17) is 14.1 Å². The minimum atomic E-state index is -0.433. The van der Waals surface area contributed by atoms with Crippen molar-refractivity contribution in [1.29, 1.82) is 0 Å². The van der Waals surface area contributed by atoms with Crippen LogP contribution in [-0.4, -0.2) is 24.7 Å². The number of hydrogen-bond donors (Lipinski definition) is 0. The Balaban J connectivity index is 1.59. The fourth-order valence-corrected chi connectivity index (χ4v) is 3.89. The molecule has 0 unspecified atom stereocenters. The van der Waals surface area contributed by atoms with Crippen molar-refractivity contribution in [2.45, 2.75) is 0 Å². The van der Waals surface area contributed by atoms with Crippen LogP contribution < -0.4 is 4.74 Å². The standard InChI is InChI=1S/C30H23NO4/c1-33-27(32)20-34-24-16-10-15-23(19-24)25-17-8-9-18-26(25)30-31-28(21-11-4-2-5-12-21)29(35-30)22-13-6-3-7-14-22/h2-19H,20H2,1H3. The molecule has 172 valence electrons. The molecule has 0 radical (unpaired) electrons. The van der Waals surface area contributed by atoms with E-state index in [1.165, 1.54) is 7.11 Å². The summed E-state index contributed by atoms with van der Waals surface area (Å²) in [5, 5.41) is 0. The highest BCUT2D eigenvalue weighted by Gasteiger charge is 2.20. The van der Waals surface area contributed by atoms with Gasteiger partial charge in [0.05, 0.1) is 7.11 Å². The van der Waals surface area contributed by atoms with Crippen LogP contribution >= 0.6 is 0 Å². The lowest BCUT2D eigenvalue weighted by atomic mass is 9.99. The zero-order valence-electron chi connectivity index (χ0n) is 19.2. The van der Waals surface area contributed by atoms with Gasteiger partial charge in [0.2, 0.25) is 5.89 Å². The molecular weight excluding hydrogens is 438 g/mol. The van der Waals surface area contributed by atoms with Crippen molar-refractivity contribution in [2.75, 3.05) is 13.7 Å². The summed E-state index contributed by atoms with van der Waals surface area (Å²) >= 11 is 0. The third-order valence-corrected chi connectivity index (χ3v) is 5.60. The van der Waals surface area contributed by atoms with E-state index in [1.807, 2.05) is 103 Å². The van der Waals surface area contributed by atoms with Gasteiger partial charge >= 0.3 is 5.97 Å². The Morgan fingerprint density at radius 2 is 1.37 bits per heavy atom. The summed E-state index contributed by atoms with van der Waals surface area (Å²) in [4.78, 5) is 16.4. The monoisotopic (exact) mass is 461 g/mol. The Bertz CT molecular complexity index is 1380. The van der Waals surface area contributed by atoms with Crippen LogP contribution in [0.3, 0.4) is 0 Å². The smallest absolute Gasteiger partial charge is 0.343 e. The Kier molecular flexibility index (Phi) is 6.39. The van der Waals surface area contributed by atoms with Gasteiger partial charge in [-0.1, -0.05) is 91.0 Å². The molecule has 0 aliphatic carbocycles. The number of hydrogen-bond acceptors (Lipinski definition) is 5. The van der Waals surface area contributed by atoms with Crippen LogP contribution in [0.2, 0.25) is 0 Å². The molecule has 0 bridgehead atoms. The number of rotatable bonds is 7. The first kappa shape index (κ1) is 22.2. The summed E-state index contributed by atoms with van der Waals surface area (Å²) in [6.45, 7) is -0.151. The second-order valence-corrected chi connectivity index (χ2v) is 7.87. The van der Waals surface area contributed by atoms with Crippen molar-refractivity contribution < 1.29 is 18.7 Å². The molecule has 5 rings (SSSR count). The van der Waals surface area contributed by atoms with Gasteiger partial charge in [-0.15, -0.1) is 0 Å². The summed E-state index contributed by atoms with van der Waals surface area (Å²) < 4.78 is 16.7. The number of benzene rings is 4. The number of carbonyl (C=O) groups excluding carboxylic acids is 1. The largest absolute Gasteiger partial charge is 0.482 e. The Labute approximate surface area is 203 Å². The minimum Gasteiger partial charge on any atom is -0.482 e. The van der Waals surface area contributed by atoms with Crippen LogP contribution in [0.1, 0.15) is 0 Å². The van der Waals surface area contributed by atoms with E-state index in [0.717, 1.165) is 39.3 Å². The van der Waals surface area contributed by atoms with Gasteiger partial charge in [0.1, 0.15) is 11.4 Å². The number of aromatic nitrogens is 1. The molecule has 1 aromatic heterocycles. The lowest BCUT2D eigenvalue weighted by Gasteiger charge is -2.10. The number of nitrogens with zero attached hydrogens (tertiary/aromatic N) is 1. The lowest BCUT2D eigenvalue weighted by molar-refractivity contribution is -0.142. The van der Waals surface area contributed by atoms with Crippen LogP contribution in [-0.2, 0) is 9.53 Å². The first-order valence-corrected chi connectivity index (χ1v) is 11.2. The predicted octanol–water partition coefficient (Wildman–Crippen LogP) is 6.89. The molecule has 0 aliphatic heterocycles. The molecule has 35 heavy (non-hydrogen) atoms. The Hall–Kier alpha value is -4.64. The van der Waals surface area contributed by atoms with Crippen molar-refractivity contribution >= 4 is 5.97 Å². The maximum Gasteiger partial charge on any atom is 0.343 e. The summed E-state index contributed by atoms with van der Waals surface area (Å²) in [7, 11) is 1.34. The molecule has 0 atom stereocenters. The van der Waals surface area contributed by atoms with E-state index in [1.54, 1.807) is 6.07 Å². The number of methoxy groups -OCH3 is 1. The third-order valence-electron chi connectivity index (χ3n) is 5.60. The molecule has 5 nitrogen and oxygen atoms in total. The SMILES string of the molecule is COC(=O)COc1cccc(-c2ccccc2-c2nc(-c3ccccc3)c(-c3ccccc3)o2)c1. The van der Waals surface area contributed by atoms with E-state index in [2.05, 4.69) is 4.74 Å². The van der Waals surface area contributed by atoms with Gasteiger partial charge in [0.15, 0.2) is 12.4 Å². The second kappa shape index (κ2) is 10.1. The van der Waals surface area contributed by atoms with Gasteiger partial charge in [0.25, 0.3) is 0 Å². The van der Waals surface area contributed by atoms with Crippen LogP contribution in [0.5, 0.6) is 5.75 Å². The number of esters is 1. The molecule has 4 aromatic carbocycles. The molecule has 0 aliphatic rings. The van der Waals surface area contributed by atoms with Gasteiger partial charge in [-0.05, 0) is 29.3 Å². The van der Waals surface area contributed by atoms with Gasteiger partial charge < -0.3 is 13.9 Å². The molecule has 5 heteroatoms. The maximum absolute atomic E-state index is 11.5. The molecule has 0 spiro atoms. The fourth-order valence-electron chi connectivity index (χ4n) is 3.89. The zero-order chi connectivity index (χ0) is 24.0. The van der Waals surface area contributed by atoms with E-state index in [-0.39, 0.29) is 6.61 Å². The number of carbonyl (C=O) groups is 1. The molecule has 0 saturated carbocycles. The predicted molar refractivity (Wildman–Crippen MR) is 136 cm³/mol. The van der Waals surface area contributed by atoms with Crippen molar-refractivity contribution in [2.24, 2.45) is 0 Å². The van der Waals surface area contributed by atoms with Crippen LogP contribution in [0.4, 0.5) is 0 Å². The summed E-state index contributed by atoms with van der Waals surface area (Å²) in [5.74, 6) is 1.39. The Morgan fingerprint density at radius 3 is 2.09 bits per heavy atom.